The molecular formula is C19H23N5O2. The summed E-state index contributed by atoms with van der Waals surface area (Å²) in [5, 5.41) is 13.8. The number of aliphatic hydroxyl groups excluding tert-OH is 1. The molecule has 7 heteroatoms. The van der Waals surface area contributed by atoms with Crippen molar-refractivity contribution < 1.29 is 9.90 Å². The van der Waals surface area contributed by atoms with Crippen molar-refractivity contribution in [2.75, 3.05) is 13.2 Å². The number of aryl methyl sites for hydroxylation is 2. The predicted octanol–water partition coefficient (Wildman–Crippen LogP) is 2.06. The highest BCUT2D eigenvalue weighted by Gasteiger charge is 2.19. The zero-order valence-electron chi connectivity index (χ0n) is 15.2. The number of carbonyl (C=O) groups is 1. The maximum Gasteiger partial charge on any atom is 0.254 e. The van der Waals surface area contributed by atoms with Gasteiger partial charge in [0.2, 0.25) is 0 Å². The van der Waals surface area contributed by atoms with Gasteiger partial charge in [0.05, 0.1) is 30.5 Å². The van der Waals surface area contributed by atoms with Crippen molar-refractivity contribution in [3.05, 3.63) is 59.3 Å². The van der Waals surface area contributed by atoms with E-state index in [2.05, 4.69) is 15.1 Å². The van der Waals surface area contributed by atoms with Crippen molar-refractivity contribution in [1.82, 2.24) is 24.6 Å². The molecule has 0 unspecified atom stereocenters. The van der Waals surface area contributed by atoms with Gasteiger partial charge in [-0.15, -0.1) is 0 Å². The summed E-state index contributed by atoms with van der Waals surface area (Å²) in [5.41, 5.74) is 5.39. The summed E-state index contributed by atoms with van der Waals surface area (Å²) in [6.07, 6.45) is 3.36. The number of nitrogens with zero attached hydrogens (tertiary/aromatic N) is 4. The summed E-state index contributed by atoms with van der Waals surface area (Å²) in [7, 11) is 1.89. The van der Waals surface area contributed by atoms with E-state index in [9.17, 15) is 9.90 Å². The maximum absolute atomic E-state index is 12.9. The monoisotopic (exact) mass is 353 g/mol. The van der Waals surface area contributed by atoms with Gasteiger partial charge in [-0.1, -0.05) is 12.1 Å². The molecule has 2 aromatic heterocycles. The van der Waals surface area contributed by atoms with E-state index in [1.807, 2.05) is 37.7 Å². The summed E-state index contributed by atoms with van der Waals surface area (Å²) >= 11 is 0. The average Bonchev–Trinajstić information content (AvgIpc) is 3.25. The number of rotatable bonds is 6. The van der Waals surface area contributed by atoms with Crippen LogP contribution in [0.15, 0.2) is 36.8 Å². The number of aliphatic hydroxyl groups is 1. The molecule has 0 aliphatic rings. The minimum absolute atomic E-state index is 0.0870. The number of hydrogen-bond donors (Lipinski definition) is 2. The van der Waals surface area contributed by atoms with Crippen LogP contribution < -0.4 is 0 Å². The second-order valence-corrected chi connectivity index (χ2v) is 6.27. The van der Waals surface area contributed by atoms with Crippen molar-refractivity contribution >= 4 is 5.91 Å². The van der Waals surface area contributed by atoms with Gasteiger partial charge in [0.25, 0.3) is 5.91 Å². The molecule has 2 heterocycles. The molecule has 0 saturated carbocycles. The summed E-state index contributed by atoms with van der Waals surface area (Å²) in [4.78, 5) is 21.6. The Hall–Kier alpha value is -2.93. The van der Waals surface area contributed by atoms with Crippen LogP contribution in [0.1, 0.15) is 27.3 Å². The highest BCUT2D eigenvalue weighted by atomic mass is 16.3. The first-order chi connectivity index (χ1) is 12.5. The van der Waals surface area contributed by atoms with E-state index in [0.29, 0.717) is 12.1 Å². The average molecular weight is 353 g/mol. The Morgan fingerprint density at radius 2 is 2.00 bits per heavy atom. The molecule has 0 saturated heterocycles. The Morgan fingerprint density at radius 3 is 2.54 bits per heavy atom. The van der Waals surface area contributed by atoms with Crippen molar-refractivity contribution in [3.8, 4) is 11.3 Å². The molecule has 136 valence electrons. The van der Waals surface area contributed by atoms with Crippen molar-refractivity contribution in [2.45, 2.75) is 20.4 Å². The van der Waals surface area contributed by atoms with Crippen molar-refractivity contribution in [2.24, 2.45) is 7.05 Å². The largest absolute Gasteiger partial charge is 0.395 e. The third-order valence-corrected chi connectivity index (χ3v) is 4.61. The van der Waals surface area contributed by atoms with Crippen LogP contribution >= 0.6 is 0 Å². The molecule has 26 heavy (non-hydrogen) atoms. The third-order valence-electron chi connectivity index (χ3n) is 4.61. The van der Waals surface area contributed by atoms with E-state index in [4.69, 9.17) is 0 Å². The Bertz CT molecular complexity index is 882. The third kappa shape index (κ3) is 3.52. The highest BCUT2D eigenvalue weighted by molar-refractivity contribution is 5.94. The summed E-state index contributed by atoms with van der Waals surface area (Å²) in [6, 6.07) is 7.37. The van der Waals surface area contributed by atoms with Crippen LogP contribution in [0.3, 0.4) is 0 Å². The van der Waals surface area contributed by atoms with Crippen LogP contribution in [0.4, 0.5) is 0 Å². The summed E-state index contributed by atoms with van der Waals surface area (Å²) in [5.74, 6) is -0.113. The number of amides is 1. The lowest BCUT2D eigenvalue weighted by Gasteiger charge is -2.22. The number of H-pyrrole nitrogens is 1. The molecule has 1 aromatic carbocycles. The first kappa shape index (κ1) is 17.9. The standard InChI is InChI=1S/C19H23N5O2/c1-13-17(14(2)23(3)22-13)11-24(8-9-25)19(26)16-6-4-15(5-7-16)18-10-20-12-21-18/h4-7,10,12,25H,8-9,11H2,1-3H3,(H,20,21). The van der Waals surface area contributed by atoms with E-state index in [0.717, 1.165) is 28.2 Å². The van der Waals surface area contributed by atoms with Crippen LogP contribution in [0.25, 0.3) is 11.3 Å². The summed E-state index contributed by atoms with van der Waals surface area (Å²) < 4.78 is 1.81. The first-order valence-corrected chi connectivity index (χ1v) is 8.49. The maximum atomic E-state index is 12.9. The van der Waals surface area contributed by atoms with Crippen molar-refractivity contribution in [1.29, 1.82) is 0 Å². The van der Waals surface area contributed by atoms with Crippen LogP contribution in [0, 0.1) is 13.8 Å². The zero-order chi connectivity index (χ0) is 18.7. The van der Waals surface area contributed by atoms with Crippen molar-refractivity contribution in [3.63, 3.8) is 0 Å². The first-order valence-electron chi connectivity index (χ1n) is 8.49. The molecular weight excluding hydrogens is 330 g/mol. The number of aromatic amines is 1. The van der Waals surface area contributed by atoms with Crippen LogP contribution in [-0.4, -0.2) is 48.8 Å². The minimum Gasteiger partial charge on any atom is -0.395 e. The molecule has 7 nitrogen and oxygen atoms in total. The molecule has 1 amide bonds. The van der Waals surface area contributed by atoms with Gasteiger partial charge >= 0.3 is 0 Å². The SMILES string of the molecule is Cc1nn(C)c(C)c1CN(CCO)C(=O)c1ccc(-c2cnc[nH]2)cc1. The minimum atomic E-state index is -0.113. The molecule has 3 rings (SSSR count). The second-order valence-electron chi connectivity index (χ2n) is 6.27. The van der Waals surface area contributed by atoms with Gasteiger partial charge in [-0.2, -0.15) is 5.10 Å². The van der Waals surface area contributed by atoms with Gasteiger partial charge in [0, 0.05) is 37.0 Å². The van der Waals surface area contributed by atoms with E-state index in [-0.39, 0.29) is 19.1 Å². The number of nitrogens with one attached hydrogen (secondary N) is 1. The fourth-order valence-electron chi connectivity index (χ4n) is 3.00. The van der Waals surface area contributed by atoms with E-state index in [1.54, 1.807) is 29.6 Å². The topological polar surface area (TPSA) is 87.0 Å². The van der Waals surface area contributed by atoms with Gasteiger partial charge in [-0.3, -0.25) is 9.48 Å². The van der Waals surface area contributed by atoms with Gasteiger partial charge in [-0.05, 0) is 31.5 Å². The number of benzene rings is 1. The smallest absolute Gasteiger partial charge is 0.254 e. The van der Waals surface area contributed by atoms with Gasteiger partial charge in [0.15, 0.2) is 0 Å². The molecule has 0 radical (unpaired) electrons. The fourth-order valence-corrected chi connectivity index (χ4v) is 3.00. The predicted molar refractivity (Wildman–Crippen MR) is 98.5 cm³/mol. The highest BCUT2D eigenvalue weighted by Crippen LogP contribution is 2.19. The van der Waals surface area contributed by atoms with E-state index in [1.165, 1.54) is 0 Å². The number of imidazole rings is 1. The lowest BCUT2D eigenvalue weighted by atomic mass is 10.1. The van der Waals surface area contributed by atoms with Crippen LogP contribution in [-0.2, 0) is 13.6 Å². The van der Waals surface area contributed by atoms with E-state index >= 15 is 0 Å². The Kier molecular flexibility index (Phi) is 5.18. The Labute approximate surface area is 152 Å². The van der Waals surface area contributed by atoms with Gasteiger partial charge in [0.1, 0.15) is 0 Å². The lowest BCUT2D eigenvalue weighted by Crippen LogP contribution is -2.33. The van der Waals surface area contributed by atoms with Crippen LogP contribution in [0.2, 0.25) is 0 Å². The normalized spacial score (nSPS) is 10.9. The number of hydrogen-bond acceptors (Lipinski definition) is 4. The zero-order valence-corrected chi connectivity index (χ0v) is 15.2. The molecule has 0 aliphatic heterocycles. The van der Waals surface area contributed by atoms with Gasteiger partial charge < -0.3 is 15.0 Å². The Morgan fingerprint density at radius 1 is 1.27 bits per heavy atom. The fraction of sp³-hybridized carbons (Fsp3) is 0.316. The molecule has 2 N–H and O–H groups in total. The molecule has 3 aromatic rings. The molecule has 0 bridgehead atoms. The molecule has 0 atom stereocenters. The van der Waals surface area contributed by atoms with Gasteiger partial charge in [-0.25, -0.2) is 4.98 Å². The van der Waals surface area contributed by atoms with Crippen LogP contribution in [0.5, 0.6) is 0 Å². The lowest BCUT2D eigenvalue weighted by molar-refractivity contribution is 0.0707. The molecule has 0 spiro atoms. The summed E-state index contributed by atoms with van der Waals surface area (Å²) in [6.45, 7) is 4.53. The molecule has 0 aliphatic carbocycles. The number of aromatic nitrogens is 4. The second kappa shape index (κ2) is 7.53. The van der Waals surface area contributed by atoms with E-state index < -0.39 is 0 Å². The molecule has 0 fully saturated rings. The number of carbonyl (C=O) groups excluding carboxylic acids is 1. The quantitative estimate of drug-likeness (QED) is 0.710. The Balaban J connectivity index is 1.82.